The number of amides is 2. The fourth-order valence-electron chi connectivity index (χ4n) is 5.35. The van der Waals surface area contributed by atoms with E-state index in [-0.39, 0.29) is 31.7 Å². The Morgan fingerprint density at radius 2 is 1.50 bits per heavy atom. The zero-order valence-electron chi connectivity index (χ0n) is 31.0. The van der Waals surface area contributed by atoms with Gasteiger partial charge in [-0.3, -0.25) is 33.9 Å². The van der Waals surface area contributed by atoms with Gasteiger partial charge in [0.1, 0.15) is 42.4 Å². The molecule has 3 aliphatic rings. The molecule has 4 heterocycles. The van der Waals surface area contributed by atoms with Crippen LogP contribution in [0.2, 0.25) is 0 Å². The molecule has 25 nitrogen and oxygen atoms in total. The lowest BCUT2D eigenvalue weighted by molar-refractivity contribution is -0.139. The van der Waals surface area contributed by atoms with Crippen molar-refractivity contribution in [2.24, 2.45) is 44.4 Å². The highest BCUT2D eigenvalue weighted by Crippen LogP contribution is 2.41. The molecule has 2 aromatic rings. The van der Waals surface area contributed by atoms with Crippen LogP contribution in [0.1, 0.15) is 25.7 Å². The number of guanidine groups is 2. The average molecular weight is 842 g/mol. The van der Waals surface area contributed by atoms with Crippen LogP contribution in [0.25, 0.3) is 11.1 Å². The van der Waals surface area contributed by atoms with Crippen molar-refractivity contribution in [3.8, 4) is 16.9 Å². The molecule has 1 unspecified atom stereocenters. The van der Waals surface area contributed by atoms with Gasteiger partial charge in [-0.1, -0.05) is 6.07 Å². The third-order valence-corrected chi connectivity index (χ3v) is 8.73. The number of carboxylic acid groups (broad SMARTS) is 2. The number of cyclic esters (lactones) is 2. The molecule has 0 aliphatic carbocycles. The van der Waals surface area contributed by atoms with Crippen molar-refractivity contribution < 1.29 is 67.6 Å². The molecule has 58 heavy (non-hydrogen) atoms. The fraction of sp³-hybridized carbons (Fsp3) is 0.469. The van der Waals surface area contributed by atoms with Crippen molar-refractivity contribution in [3.63, 3.8) is 0 Å². The molecular formula is C32H48N11O14P. The van der Waals surface area contributed by atoms with E-state index >= 15 is 0 Å². The van der Waals surface area contributed by atoms with Gasteiger partial charge in [0.15, 0.2) is 18.0 Å². The molecule has 17 N–H and O–H groups in total. The fourth-order valence-corrected chi connectivity index (χ4v) is 5.71. The van der Waals surface area contributed by atoms with Crippen molar-refractivity contribution in [1.29, 1.82) is 0 Å². The van der Waals surface area contributed by atoms with Gasteiger partial charge in [-0.2, -0.15) is 0 Å². The average Bonchev–Trinajstić information content (AvgIpc) is 3.72. The number of fused-ring (bicyclic) bond motifs is 3. The first kappa shape index (κ1) is 46.6. The molecule has 0 radical (unpaired) electrons. The number of ether oxygens (including phenoxy) is 3. The van der Waals surface area contributed by atoms with Gasteiger partial charge in [-0.05, 0) is 55.5 Å². The first-order chi connectivity index (χ1) is 27.3. The highest BCUT2D eigenvalue weighted by molar-refractivity contribution is 7.46. The molecule has 2 fully saturated rings. The van der Waals surface area contributed by atoms with Crippen molar-refractivity contribution in [2.75, 3.05) is 49.3 Å². The number of aliphatic imine (C=N–C) groups is 2. The number of carbonyl (C=O) groups is 4. The molecule has 2 saturated heterocycles. The molecule has 5 atom stereocenters. The highest BCUT2D eigenvalue weighted by Gasteiger charge is 2.46. The van der Waals surface area contributed by atoms with Gasteiger partial charge >= 0.3 is 31.9 Å². The normalized spacial score (nSPS) is 18.9. The Morgan fingerprint density at radius 1 is 0.914 bits per heavy atom. The zero-order valence-corrected chi connectivity index (χ0v) is 31.9. The number of benzene rings is 1. The number of anilines is 2. The molecule has 0 saturated carbocycles. The SMILES string of the molecule is NC(N)=NCCC[C@H](N)C(=O)O.NC(N)=NCCC[C@H](N)C(=O)O.O=C1OC(COP(=O)(O)O)CN1c1ccc(-c2ccc3c(c2)OC[C@H]2[C@H](CO)OC(=O)N32)cn1. The second-order valence-electron chi connectivity index (χ2n) is 12.6. The molecular weight excluding hydrogens is 793 g/mol. The van der Waals surface area contributed by atoms with Gasteiger partial charge < -0.3 is 73.7 Å². The number of pyridine rings is 1. The Morgan fingerprint density at radius 3 is 2.00 bits per heavy atom. The number of aliphatic hydroxyl groups excluding tert-OH is 1. The lowest BCUT2D eigenvalue weighted by atomic mass is 10.0. The van der Waals surface area contributed by atoms with E-state index in [1.165, 1.54) is 9.80 Å². The monoisotopic (exact) mass is 841 g/mol. The maximum absolute atomic E-state index is 12.2. The summed E-state index contributed by atoms with van der Waals surface area (Å²) in [6.07, 6.45) is 0.753. The summed E-state index contributed by atoms with van der Waals surface area (Å²) in [6.45, 7) is 0.328. The lowest BCUT2D eigenvalue weighted by Crippen LogP contribution is -2.45. The van der Waals surface area contributed by atoms with E-state index in [1.807, 2.05) is 0 Å². The van der Waals surface area contributed by atoms with Crippen LogP contribution in [-0.2, 0) is 28.2 Å². The number of phosphoric ester groups is 1. The first-order valence-electron chi connectivity index (χ1n) is 17.4. The van der Waals surface area contributed by atoms with Crippen LogP contribution in [0, 0.1) is 0 Å². The zero-order chi connectivity index (χ0) is 43.2. The third-order valence-electron chi connectivity index (χ3n) is 8.25. The second kappa shape index (κ2) is 21.6. The van der Waals surface area contributed by atoms with Crippen LogP contribution in [-0.4, -0.2) is 136 Å². The van der Waals surface area contributed by atoms with Gasteiger partial charge in [0.2, 0.25) is 0 Å². The van der Waals surface area contributed by atoms with Crippen molar-refractivity contribution in [1.82, 2.24) is 4.98 Å². The largest absolute Gasteiger partial charge is 0.489 e. The van der Waals surface area contributed by atoms with E-state index in [0.29, 0.717) is 56.0 Å². The van der Waals surface area contributed by atoms with Gasteiger partial charge in [0.25, 0.3) is 0 Å². The number of rotatable bonds is 16. The number of carboxylic acids is 2. The number of aliphatic hydroxyl groups is 1. The Bertz CT molecular complexity index is 1800. The highest BCUT2D eigenvalue weighted by atomic mass is 31.2. The predicted molar refractivity (Wildman–Crippen MR) is 205 cm³/mol. The van der Waals surface area contributed by atoms with Crippen LogP contribution in [0.5, 0.6) is 5.75 Å². The van der Waals surface area contributed by atoms with Crippen LogP contribution in [0.15, 0.2) is 46.5 Å². The molecule has 320 valence electrons. The van der Waals surface area contributed by atoms with Gasteiger partial charge in [0.05, 0.1) is 25.4 Å². The number of phosphoric acid groups is 1. The van der Waals surface area contributed by atoms with E-state index in [4.69, 9.17) is 68.6 Å². The number of hydrogen-bond donors (Lipinski definition) is 11. The van der Waals surface area contributed by atoms with Crippen molar-refractivity contribution >= 4 is 55.4 Å². The van der Waals surface area contributed by atoms with E-state index in [9.17, 15) is 28.8 Å². The summed E-state index contributed by atoms with van der Waals surface area (Å²) in [7, 11) is -4.67. The standard InChI is InChI=1S/C20H20N3O10P.2C6H14N4O2/c24-8-17-15-10-30-16-5-11(1-3-14(16)23(15)20(26)33-17)12-2-4-18(21-6-12)22-7-13(32-19(22)25)9-31-34(27,28)29;2*7-4(5(11)12)2-1-3-10-6(8)9/h1-6,13,15,17,24H,7-10H2,(H2,27,28,29);2*4H,1-3,7H2,(H,11,12)(H4,8,9,10)/t13?,15-,17-;2*4-/m000/s1. The van der Waals surface area contributed by atoms with Crippen LogP contribution in [0.3, 0.4) is 0 Å². The molecule has 0 bridgehead atoms. The minimum absolute atomic E-state index is 0.0129. The maximum Gasteiger partial charge on any atom is 0.469 e. The van der Waals surface area contributed by atoms with E-state index in [0.717, 1.165) is 11.1 Å². The summed E-state index contributed by atoms with van der Waals surface area (Å²) in [4.78, 5) is 76.8. The minimum atomic E-state index is -4.67. The summed E-state index contributed by atoms with van der Waals surface area (Å²) >= 11 is 0. The molecule has 5 rings (SSSR count). The quantitative estimate of drug-likeness (QED) is 0.0383. The predicted octanol–water partition coefficient (Wildman–Crippen LogP) is -1.83. The molecule has 1 aromatic carbocycles. The van der Waals surface area contributed by atoms with E-state index < -0.39 is 68.9 Å². The summed E-state index contributed by atoms with van der Waals surface area (Å²) in [6, 6.07) is 6.61. The molecule has 26 heteroatoms. The summed E-state index contributed by atoms with van der Waals surface area (Å²) < 4.78 is 31.3. The van der Waals surface area contributed by atoms with Crippen LogP contribution in [0.4, 0.5) is 21.1 Å². The first-order valence-corrected chi connectivity index (χ1v) is 18.9. The van der Waals surface area contributed by atoms with Crippen molar-refractivity contribution in [2.45, 2.75) is 56.0 Å². The number of nitrogens with zero attached hydrogens (tertiary/aromatic N) is 5. The summed E-state index contributed by atoms with van der Waals surface area (Å²) in [5.74, 6) is -1.18. The Kier molecular flexibility index (Phi) is 17.4. The van der Waals surface area contributed by atoms with Gasteiger partial charge in [-0.25, -0.2) is 19.1 Å². The number of aromatic nitrogens is 1. The number of aliphatic carboxylic acids is 2. The lowest BCUT2D eigenvalue weighted by Gasteiger charge is -2.31. The van der Waals surface area contributed by atoms with E-state index in [2.05, 4.69) is 19.5 Å². The van der Waals surface area contributed by atoms with E-state index in [1.54, 1.807) is 36.5 Å². The topological polar surface area (TPSA) is 424 Å². The Balaban J connectivity index is 0.000000309. The van der Waals surface area contributed by atoms with Gasteiger partial charge in [0, 0.05) is 24.8 Å². The third kappa shape index (κ3) is 14.3. The molecule has 3 aliphatic heterocycles. The number of hydrogen-bond acceptors (Lipinski definition) is 15. The van der Waals surface area contributed by atoms with Crippen LogP contribution < -0.4 is 48.9 Å². The van der Waals surface area contributed by atoms with Gasteiger partial charge in [-0.15, -0.1) is 0 Å². The summed E-state index contributed by atoms with van der Waals surface area (Å²) in [5, 5.41) is 26.2. The second-order valence-corrected chi connectivity index (χ2v) is 13.9. The number of carbonyl (C=O) groups excluding carboxylic acids is 2. The molecule has 2 amide bonds. The summed E-state index contributed by atoms with van der Waals surface area (Å²) in [5.41, 5.74) is 32.7. The molecule has 1 aromatic heterocycles. The smallest absolute Gasteiger partial charge is 0.469 e. The minimum Gasteiger partial charge on any atom is -0.489 e. The molecule has 0 spiro atoms. The Hall–Kier alpha value is -5.82. The maximum atomic E-state index is 12.2. The van der Waals surface area contributed by atoms with Crippen molar-refractivity contribution in [3.05, 3.63) is 36.5 Å². The Labute approximate surface area is 330 Å². The van der Waals surface area contributed by atoms with Crippen LogP contribution >= 0.6 is 7.82 Å². The number of nitrogens with two attached hydrogens (primary N) is 6.